The molecule has 1 atom stereocenters. The van der Waals surface area contributed by atoms with Crippen LogP contribution in [-0.4, -0.2) is 13.0 Å². The van der Waals surface area contributed by atoms with E-state index in [2.05, 4.69) is 29.6 Å². The maximum Gasteiger partial charge on any atom is 0.221 e. The molecule has 0 aromatic heterocycles. The third-order valence-electron chi connectivity index (χ3n) is 3.96. The molecule has 3 heteroatoms. The Balaban J connectivity index is 1.54. The number of fused-ring (bicyclic) bond motifs is 1. The zero-order chi connectivity index (χ0) is 15.4. The molecule has 0 heterocycles. The van der Waals surface area contributed by atoms with Gasteiger partial charge in [0.25, 0.3) is 0 Å². The van der Waals surface area contributed by atoms with Gasteiger partial charge in [-0.1, -0.05) is 48.6 Å². The van der Waals surface area contributed by atoms with Gasteiger partial charge < -0.3 is 10.1 Å². The summed E-state index contributed by atoms with van der Waals surface area (Å²) in [7, 11) is 1.64. The van der Waals surface area contributed by atoms with Crippen LogP contribution in [0.5, 0.6) is 5.75 Å². The van der Waals surface area contributed by atoms with Crippen molar-refractivity contribution in [2.75, 3.05) is 7.11 Å². The highest BCUT2D eigenvalue weighted by atomic mass is 16.5. The van der Waals surface area contributed by atoms with E-state index < -0.39 is 0 Å². The number of allylic oxidation sites excluding steroid dienone is 1. The molecule has 0 aliphatic heterocycles. The van der Waals surface area contributed by atoms with Gasteiger partial charge in [0, 0.05) is 18.9 Å². The Morgan fingerprint density at radius 1 is 1.14 bits per heavy atom. The number of carbonyl (C=O) groups excluding carboxylic acids is 1. The van der Waals surface area contributed by atoms with Crippen molar-refractivity contribution in [3.05, 3.63) is 71.3 Å². The summed E-state index contributed by atoms with van der Waals surface area (Å²) >= 11 is 0. The molecule has 1 aliphatic rings. The van der Waals surface area contributed by atoms with Crippen LogP contribution in [-0.2, 0) is 11.3 Å². The van der Waals surface area contributed by atoms with Crippen LogP contribution in [0.25, 0.3) is 6.08 Å². The number of rotatable bonds is 5. The van der Waals surface area contributed by atoms with E-state index in [9.17, 15) is 4.79 Å². The summed E-state index contributed by atoms with van der Waals surface area (Å²) in [6.07, 6.45) is 4.69. The Kier molecular flexibility index (Phi) is 4.24. The van der Waals surface area contributed by atoms with Gasteiger partial charge in [-0.2, -0.15) is 0 Å². The lowest BCUT2D eigenvalue weighted by atomic mass is 9.97. The first kappa shape index (κ1) is 14.4. The first-order valence-corrected chi connectivity index (χ1v) is 7.43. The average Bonchev–Trinajstić information content (AvgIpc) is 2.97. The van der Waals surface area contributed by atoms with Crippen molar-refractivity contribution in [3.63, 3.8) is 0 Å². The fraction of sp³-hybridized carbons (Fsp3) is 0.211. The Bertz CT molecular complexity index is 689. The monoisotopic (exact) mass is 293 g/mol. The minimum Gasteiger partial charge on any atom is -0.497 e. The smallest absolute Gasteiger partial charge is 0.221 e. The number of benzene rings is 2. The van der Waals surface area contributed by atoms with Crippen LogP contribution in [0, 0.1) is 0 Å². The SMILES string of the molecule is COc1ccc(CNC(=O)CC2C=Cc3ccccc32)cc1. The minimum absolute atomic E-state index is 0.0715. The lowest BCUT2D eigenvalue weighted by Gasteiger charge is -2.11. The zero-order valence-electron chi connectivity index (χ0n) is 12.6. The van der Waals surface area contributed by atoms with Gasteiger partial charge >= 0.3 is 0 Å². The molecule has 0 saturated heterocycles. The third-order valence-corrected chi connectivity index (χ3v) is 3.96. The van der Waals surface area contributed by atoms with Crippen molar-refractivity contribution in [2.24, 2.45) is 0 Å². The quantitative estimate of drug-likeness (QED) is 0.916. The average molecular weight is 293 g/mol. The second-order valence-electron chi connectivity index (χ2n) is 5.42. The van der Waals surface area contributed by atoms with Gasteiger partial charge in [0.15, 0.2) is 0 Å². The number of carbonyl (C=O) groups is 1. The van der Waals surface area contributed by atoms with Gasteiger partial charge in [-0.25, -0.2) is 0 Å². The Labute approximate surface area is 130 Å². The van der Waals surface area contributed by atoms with Crippen LogP contribution in [0.2, 0.25) is 0 Å². The summed E-state index contributed by atoms with van der Waals surface area (Å²) in [5, 5.41) is 2.98. The topological polar surface area (TPSA) is 38.3 Å². The number of hydrogen-bond donors (Lipinski definition) is 1. The van der Waals surface area contributed by atoms with E-state index in [4.69, 9.17) is 4.74 Å². The van der Waals surface area contributed by atoms with Gasteiger partial charge in [-0.15, -0.1) is 0 Å². The normalized spacial score (nSPS) is 15.4. The fourth-order valence-corrected chi connectivity index (χ4v) is 2.72. The van der Waals surface area contributed by atoms with E-state index in [1.807, 2.05) is 36.4 Å². The predicted octanol–water partition coefficient (Wildman–Crippen LogP) is 3.51. The molecule has 3 rings (SSSR count). The van der Waals surface area contributed by atoms with Crippen LogP contribution < -0.4 is 10.1 Å². The predicted molar refractivity (Wildman–Crippen MR) is 87.7 cm³/mol. The lowest BCUT2D eigenvalue weighted by molar-refractivity contribution is -0.121. The summed E-state index contributed by atoms with van der Waals surface area (Å²) < 4.78 is 5.12. The van der Waals surface area contributed by atoms with Gasteiger partial charge in [0.05, 0.1) is 7.11 Å². The molecule has 3 nitrogen and oxygen atoms in total. The summed E-state index contributed by atoms with van der Waals surface area (Å²) in [5.74, 6) is 1.08. The maximum atomic E-state index is 12.1. The van der Waals surface area contributed by atoms with Gasteiger partial charge in [0.1, 0.15) is 5.75 Å². The van der Waals surface area contributed by atoms with Crippen molar-refractivity contribution in [1.82, 2.24) is 5.32 Å². The standard InChI is InChI=1S/C19H19NO2/c1-22-17-10-6-14(7-11-17)13-20-19(21)12-16-9-8-15-4-2-3-5-18(15)16/h2-11,16H,12-13H2,1H3,(H,20,21). The molecular formula is C19H19NO2. The second kappa shape index (κ2) is 6.48. The van der Waals surface area contributed by atoms with Gasteiger partial charge in [-0.05, 0) is 28.8 Å². The van der Waals surface area contributed by atoms with Crippen molar-refractivity contribution in [2.45, 2.75) is 18.9 Å². The maximum absolute atomic E-state index is 12.1. The van der Waals surface area contributed by atoms with Crippen LogP contribution in [0.1, 0.15) is 29.0 Å². The third kappa shape index (κ3) is 3.19. The highest BCUT2D eigenvalue weighted by Crippen LogP contribution is 2.32. The lowest BCUT2D eigenvalue weighted by Crippen LogP contribution is -2.24. The molecule has 22 heavy (non-hydrogen) atoms. The summed E-state index contributed by atoms with van der Waals surface area (Å²) in [4.78, 5) is 12.1. The first-order valence-electron chi connectivity index (χ1n) is 7.43. The second-order valence-corrected chi connectivity index (χ2v) is 5.42. The van der Waals surface area contributed by atoms with E-state index in [1.165, 1.54) is 11.1 Å². The minimum atomic E-state index is 0.0715. The van der Waals surface area contributed by atoms with Crippen molar-refractivity contribution >= 4 is 12.0 Å². The molecule has 1 aliphatic carbocycles. The van der Waals surface area contributed by atoms with Crippen LogP contribution >= 0.6 is 0 Å². The number of amides is 1. The van der Waals surface area contributed by atoms with Crippen molar-refractivity contribution < 1.29 is 9.53 Å². The van der Waals surface area contributed by atoms with Gasteiger partial charge in [0.2, 0.25) is 5.91 Å². The van der Waals surface area contributed by atoms with E-state index in [0.29, 0.717) is 13.0 Å². The number of ether oxygens (including phenoxy) is 1. The Morgan fingerprint density at radius 2 is 1.91 bits per heavy atom. The molecule has 0 spiro atoms. The zero-order valence-corrected chi connectivity index (χ0v) is 12.6. The summed E-state index contributed by atoms with van der Waals surface area (Å²) in [5.41, 5.74) is 3.52. The van der Waals surface area contributed by atoms with Crippen molar-refractivity contribution in [1.29, 1.82) is 0 Å². The Hall–Kier alpha value is -2.55. The number of methoxy groups -OCH3 is 1. The van der Waals surface area contributed by atoms with E-state index in [1.54, 1.807) is 7.11 Å². The number of nitrogens with one attached hydrogen (secondary N) is 1. The molecule has 1 N–H and O–H groups in total. The highest BCUT2D eigenvalue weighted by molar-refractivity contribution is 5.78. The molecule has 1 amide bonds. The van der Waals surface area contributed by atoms with Crippen LogP contribution in [0.15, 0.2) is 54.6 Å². The highest BCUT2D eigenvalue weighted by Gasteiger charge is 2.19. The van der Waals surface area contributed by atoms with Crippen molar-refractivity contribution in [3.8, 4) is 5.75 Å². The molecule has 1 unspecified atom stereocenters. The fourth-order valence-electron chi connectivity index (χ4n) is 2.72. The summed E-state index contributed by atoms with van der Waals surface area (Å²) in [6, 6.07) is 15.9. The van der Waals surface area contributed by atoms with E-state index in [0.717, 1.165) is 11.3 Å². The van der Waals surface area contributed by atoms with Crippen LogP contribution in [0.4, 0.5) is 0 Å². The molecule has 112 valence electrons. The molecule has 0 radical (unpaired) electrons. The molecule has 0 saturated carbocycles. The summed E-state index contributed by atoms with van der Waals surface area (Å²) in [6.45, 7) is 0.543. The molecular weight excluding hydrogens is 274 g/mol. The van der Waals surface area contributed by atoms with E-state index in [-0.39, 0.29) is 11.8 Å². The molecule has 2 aromatic carbocycles. The van der Waals surface area contributed by atoms with Crippen LogP contribution in [0.3, 0.4) is 0 Å². The molecule has 0 fully saturated rings. The van der Waals surface area contributed by atoms with E-state index >= 15 is 0 Å². The Morgan fingerprint density at radius 3 is 2.68 bits per heavy atom. The molecule has 2 aromatic rings. The first-order chi connectivity index (χ1) is 10.8. The number of hydrogen-bond acceptors (Lipinski definition) is 2. The largest absolute Gasteiger partial charge is 0.497 e. The molecule has 0 bridgehead atoms. The van der Waals surface area contributed by atoms with Gasteiger partial charge in [-0.3, -0.25) is 4.79 Å².